The summed E-state index contributed by atoms with van der Waals surface area (Å²) in [6, 6.07) is 13.9. The summed E-state index contributed by atoms with van der Waals surface area (Å²) in [6.07, 6.45) is 0.362. The smallest absolute Gasteiger partial charge is 0.255 e. The van der Waals surface area contributed by atoms with Crippen LogP contribution in [0.25, 0.3) is 0 Å². The lowest BCUT2D eigenvalue weighted by Crippen LogP contribution is -2.50. The molecule has 2 N–H and O–H groups in total. The first-order valence-corrected chi connectivity index (χ1v) is 8.19. The van der Waals surface area contributed by atoms with Crippen molar-refractivity contribution in [1.29, 1.82) is 0 Å². The Bertz CT molecular complexity index is 833. The third-order valence-corrected chi connectivity index (χ3v) is 4.00. The zero-order chi connectivity index (χ0) is 18.5. The fourth-order valence-electron chi connectivity index (χ4n) is 2.66. The van der Waals surface area contributed by atoms with Crippen LogP contribution in [0.15, 0.2) is 48.5 Å². The summed E-state index contributed by atoms with van der Waals surface area (Å²) in [4.78, 5) is 35.9. The van der Waals surface area contributed by atoms with E-state index < -0.39 is 0 Å². The molecule has 1 aliphatic rings. The normalized spacial score (nSPS) is 14.1. The lowest BCUT2D eigenvalue weighted by Gasteiger charge is -2.27. The molecule has 1 fully saturated rings. The maximum Gasteiger partial charge on any atom is 0.255 e. The molecule has 2 aromatic rings. The van der Waals surface area contributed by atoms with Crippen LogP contribution in [-0.4, -0.2) is 24.8 Å². The van der Waals surface area contributed by atoms with Crippen molar-refractivity contribution < 1.29 is 19.1 Å². The van der Waals surface area contributed by atoms with E-state index in [1.807, 2.05) is 24.3 Å². The van der Waals surface area contributed by atoms with Gasteiger partial charge in [-0.15, -0.1) is 0 Å². The fraction of sp³-hybridized carbons (Fsp3) is 0.211. The average molecular weight is 353 g/mol. The van der Waals surface area contributed by atoms with Gasteiger partial charge in [-0.3, -0.25) is 19.8 Å². The topological polar surface area (TPSA) is 87.7 Å². The highest BCUT2D eigenvalue weighted by Gasteiger charge is 2.24. The molecule has 3 rings (SSSR count). The minimum atomic E-state index is -0.269. The molecule has 0 unspecified atom stereocenters. The lowest BCUT2D eigenvalue weighted by atomic mass is 10.1. The average Bonchev–Trinajstić information content (AvgIpc) is 2.65. The Balaban J connectivity index is 1.73. The zero-order valence-corrected chi connectivity index (χ0v) is 14.3. The molecule has 26 heavy (non-hydrogen) atoms. The highest BCUT2D eigenvalue weighted by atomic mass is 16.5. The van der Waals surface area contributed by atoms with E-state index in [1.54, 1.807) is 31.4 Å². The molecule has 0 bridgehead atoms. The van der Waals surface area contributed by atoms with Gasteiger partial charge in [-0.1, -0.05) is 18.2 Å². The summed E-state index contributed by atoms with van der Waals surface area (Å²) in [7, 11) is 1.60. The number of ether oxygens (including phenoxy) is 1. The number of nitrogens with one attached hydrogen (secondary N) is 2. The number of carbonyl (C=O) groups excluding carboxylic acids is 3. The molecule has 7 nitrogen and oxygen atoms in total. The van der Waals surface area contributed by atoms with Crippen LogP contribution in [0.5, 0.6) is 0 Å². The summed E-state index contributed by atoms with van der Waals surface area (Å²) in [5, 5.41) is 4.07. The Kier molecular flexibility index (Phi) is 5.28. The number of nitrogens with zero attached hydrogens (tertiary/aromatic N) is 1. The molecule has 134 valence electrons. The van der Waals surface area contributed by atoms with Gasteiger partial charge < -0.3 is 10.1 Å². The Hall–Kier alpha value is -3.19. The van der Waals surface area contributed by atoms with Crippen molar-refractivity contribution in [2.24, 2.45) is 0 Å². The quantitative estimate of drug-likeness (QED) is 0.863. The largest absolute Gasteiger partial charge is 0.380 e. The first-order valence-electron chi connectivity index (χ1n) is 8.19. The standard InChI is InChI=1S/C19H19N3O4/c1-26-12-14-4-2-3-5-16(14)20-19(25)13-6-8-15(9-7-13)22-18(24)11-10-17(23)21-22/h2-9H,10-12H2,1H3,(H,20,25)(H,21,23). The van der Waals surface area contributed by atoms with E-state index in [1.165, 1.54) is 5.01 Å². The van der Waals surface area contributed by atoms with E-state index in [9.17, 15) is 14.4 Å². The molecule has 3 amide bonds. The van der Waals surface area contributed by atoms with Crippen LogP contribution in [0.3, 0.4) is 0 Å². The van der Waals surface area contributed by atoms with Gasteiger partial charge >= 0.3 is 0 Å². The Morgan fingerprint density at radius 2 is 1.85 bits per heavy atom. The van der Waals surface area contributed by atoms with E-state index in [-0.39, 0.29) is 30.6 Å². The van der Waals surface area contributed by atoms with Crippen LogP contribution >= 0.6 is 0 Å². The summed E-state index contributed by atoms with van der Waals surface area (Å²) < 4.78 is 5.13. The van der Waals surface area contributed by atoms with Gasteiger partial charge in [-0.05, 0) is 30.3 Å². The third-order valence-electron chi connectivity index (χ3n) is 4.00. The van der Waals surface area contributed by atoms with E-state index in [0.29, 0.717) is 23.5 Å². The third kappa shape index (κ3) is 3.89. The molecule has 1 saturated heterocycles. The molecule has 0 radical (unpaired) electrons. The summed E-state index contributed by atoms with van der Waals surface area (Å²) in [5.41, 5.74) is 5.04. The summed E-state index contributed by atoms with van der Waals surface area (Å²) in [5.74, 6) is -0.662. The van der Waals surface area contributed by atoms with E-state index in [2.05, 4.69) is 10.7 Å². The van der Waals surface area contributed by atoms with E-state index in [0.717, 1.165) is 5.56 Å². The van der Waals surface area contributed by atoms with Crippen molar-refractivity contribution in [2.75, 3.05) is 17.4 Å². The number of hydrogen-bond acceptors (Lipinski definition) is 4. The number of carbonyl (C=O) groups is 3. The maximum atomic E-state index is 12.5. The number of amides is 3. The fourth-order valence-corrected chi connectivity index (χ4v) is 2.66. The van der Waals surface area contributed by atoms with Crippen molar-refractivity contribution in [3.05, 3.63) is 59.7 Å². The minimum Gasteiger partial charge on any atom is -0.380 e. The molecule has 7 heteroatoms. The predicted octanol–water partition coefficient (Wildman–Crippen LogP) is 2.24. The number of methoxy groups -OCH3 is 1. The van der Waals surface area contributed by atoms with Crippen LogP contribution in [0, 0.1) is 0 Å². The summed E-state index contributed by atoms with van der Waals surface area (Å²) in [6.45, 7) is 0.395. The van der Waals surface area contributed by atoms with Gasteiger partial charge in [0.25, 0.3) is 5.91 Å². The molecule has 0 spiro atoms. The Morgan fingerprint density at radius 3 is 2.58 bits per heavy atom. The van der Waals surface area contributed by atoms with Gasteiger partial charge in [0.05, 0.1) is 12.3 Å². The monoisotopic (exact) mass is 353 g/mol. The number of benzene rings is 2. The van der Waals surface area contributed by atoms with Crippen molar-refractivity contribution in [3.63, 3.8) is 0 Å². The lowest BCUT2D eigenvalue weighted by molar-refractivity contribution is -0.130. The van der Waals surface area contributed by atoms with Gasteiger partial charge in [0.15, 0.2) is 0 Å². The SMILES string of the molecule is COCc1ccccc1NC(=O)c1ccc(N2NC(=O)CCC2=O)cc1. The molecule has 2 aromatic carbocycles. The molecule has 0 atom stereocenters. The second-order valence-corrected chi connectivity index (χ2v) is 5.86. The number of anilines is 2. The molecular formula is C19H19N3O4. The first-order chi connectivity index (χ1) is 12.6. The van der Waals surface area contributed by atoms with Gasteiger partial charge in [0, 0.05) is 36.8 Å². The second-order valence-electron chi connectivity index (χ2n) is 5.86. The Labute approximate surface area is 150 Å². The minimum absolute atomic E-state index is 0.171. The molecule has 1 heterocycles. The van der Waals surface area contributed by atoms with Crippen LogP contribution in [0.1, 0.15) is 28.8 Å². The highest BCUT2D eigenvalue weighted by Crippen LogP contribution is 2.20. The van der Waals surface area contributed by atoms with E-state index >= 15 is 0 Å². The number of para-hydroxylation sites is 1. The molecule has 0 saturated carbocycles. The van der Waals surface area contributed by atoms with Crippen molar-refractivity contribution in [2.45, 2.75) is 19.4 Å². The molecule has 1 aliphatic heterocycles. The highest BCUT2D eigenvalue weighted by molar-refractivity contribution is 6.05. The van der Waals surface area contributed by atoms with Gasteiger partial charge in [-0.25, -0.2) is 5.01 Å². The number of rotatable bonds is 5. The van der Waals surface area contributed by atoms with E-state index in [4.69, 9.17) is 4.74 Å². The predicted molar refractivity (Wildman–Crippen MR) is 96.4 cm³/mol. The van der Waals surface area contributed by atoms with Gasteiger partial charge in [0.1, 0.15) is 0 Å². The molecular weight excluding hydrogens is 334 g/mol. The van der Waals surface area contributed by atoms with Crippen LogP contribution in [0.2, 0.25) is 0 Å². The molecule has 0 aromatic heterocycles. The van der Waals surface area contributed by atoms with Crippen molar-refractivity contribution in [3.8, 4) is 0 Å². The Morgan fingerprint density at radius 1 is 1.12 bits per heavy atom. The second kappa shape index (κ2) is 7.79. The van der Waals surface area contributed by atoms with Gasteiger partial charge in [-0.2, -0.15) is 0 Å². The number of hydrogen-bond donors (Lipinski definition) is 2. The van der Waals surface area contributed by atoms with Gasteiger partial charge in [0.2, 0.25) is 11.8 Å². The first kappa shape index (κ1) is 17.6. The van der Waals surface area contributed by atoms with Crippen LogP contribution in [-0.2, 0) is 20.9 Å². The van der Waals surface area contributed by atoms with Crippen molar-refractivity contribution in [1.82, 2.24) is 5.43 Å². The number of hydrazine groups is 1. The molecule has 0 aliphatic carbocycles. The summed E-state index contributed by atoms with van der Waals surface area (Å²) >= 11 is 0. The maximum absolute atomic E-state index is 12.5. The van der Waals surface area contributed by atoms with Crippen molar-refractivity contribution >= 4 is 29.1 Å². The zero-order valence-electron chi connectivity index (χ0n) is 14.3. The van der Waals surface area contributed by atoms with Crippen LogP contribution in [0.4, 0.5) is 11.4 Å². The van der Waals surface area contributed by atoms with Crippen LogP contribution < -0.4 is 15.8 Å².